The lowest BCUT2D eigenvalue weighted by atomic mass is 10.0. The summed E-state index contributed by atoms with van der Waals surface area (Å²) in [5, 5.41) is 17.0. The first-order chi connectivity index (χ1) is 31.4. The summed E-state index contributed by atoms with van der Waals surface area (Å²) in [7, 11) is 0. The Bertz CT molecular complexity index is 3110. The van der Waals surface area contributed by atoms with Gasteiger partial charge in [0.2, 0.25) is 13.1 Å². The van der Waals surface area contributed by atoms with Crippen molar-refractivity contribution in [3.63, 3.8) is 0 Å². The number of aryl methyl sites for hydroxylation is 2. The fourth-order valence-electron chi connectivity index (χ4n) is 7.29. The van der Waals surface area contributed by atoms with Gasteiger partial charge < -0.3 is 27.8 Å². The van der Waals surface area contributed by atoms with Crippen molar-refractivity contribution >= 4 is 0 Å². The first-order valence-corrected chi connectivity index (χ1v) is 20.5. The molecule has 0 amide bonds. The molecule has 0 aliphatic rings. The average Bonchev–Trinajstić information content (AvgIpc) is 4.18. The van der Waals surface area contributed by atoms with Crippen LogP contribution in [-0.2, 0) is 13.1 Å². The molecule has 0 spiro atoms. The largest absolute Gasteiger partial charge is 0.356 e. The Kier molecular flexibility index (Phi) is 11.7. The van der Waals surface area contributed by atoms with Crippen molar-refractivity contribution in [2.45, 2.75) is 26.9 Å². The molecule has 0 saturated heterocycles. The summed E-state index contributed by atoms with van der Waals surface area (Å²) >= 11 is 0. The summed E-state index contributed by atoms with van der Waals surface area (Å²) in [6, 6.07) is 55.5. The van der Waals surface area contributed by atoms with Gasteiger partial charge in [-0.05, 0) is 50.2 Å². The second kappa shape index (κ2) is 18.4. The predicted molar refractivity (Wildman–Crippen MR) is 247 cm³/mol. The molecule has 0 radical (unpaired) electrons. The lowest BCUT2D eigenvalue weighted by Crippen LogP contribution is -1.82. The molecule has 0 aliphatic heterocycles. The number of rotatable bonds is 10. The van der Waals surface area contributed by atoms with Gasteiger partial charge in [-0.15, -0.1) is 0 Å². The Morgan fingerprint density at radius 1 is 0.344 bits per heavy atom. The summed E-state index contributed by atoms with van der Waals surface area (Å²) in [4.78, 5) is 6.89. The van der Waals surface area contributed by atoms with E-state index >= 15 is 0 Å². The molecule has 308 valence electrons. The zero-order valence-electron chi connectivity index (χ0n) is 34.9. The van der Waals surface area contributed by atoms with E-state index in [4.69, 9.17) is 31.2 Å². The highest BCUT2D eigenvalue weighted by Crippen LogP contribution is 2.33. The topological polar surface area (TPSA) is 113 Å². The molecular formula is C54H38N6O4. The third kappa shape index (κ3) is 9.23. The summed E-state index contributed by atoms with van der Waals surface area (Å²) in [6.07, 6.45) is 0. The van der Waals surface area contributed by atoms with Gasteiger partial charge in [0.1, 0.15) is 22.8 Å². The van der Waals surface area contributed by atoms with Gasteiger partial charge in [-0.25, -0.2) is 13.1 Å². The zero-order chi connectivity index (χ0) is 43.8. The van der Waals surface area contributed by atoms with Gasteiger partial charge in [-0.1, -0.05) is 141 Å². The maximum atomic E-state index is 7.07. The van der Waals surface area contributed by atoms with E-state index < -0.39 is 0 Å². The second-order valence-corrected chi connectivity index (χ2v) is 15.2. The third-order valence-electron chi connectivity index (χ3n) is 10.5. The summed E-state index contributed by atoms with van der Waals surface area (Å²) < 4.78 is 22.4. The van der Waals surface area contributed by atoms with E-state index in [1.807, 2.05) is 140 Å². The van der Waals surface area contributed by atoms with Gasteiger partial charge in [0, 0.05) is 79.9 Å². The SMILES string of the molecule is Cc1cccc(-c2cc(-c3cccc(-c4cc(-c5cccc(C)c5)on4)c3)no2)c1.[C-]#[N+]Cc1cccc(-c2cc(-c3cccc(-c4cc(-c5cccc(C[N+]#[C-])c5)on4)c3)no2)c1. The van der Waals surface area contributed by atoms with E-state index in [1.165, 1.54) is 11.1 Å². The predicted octanol–water partition coefficient (Wildman–Crippen LogP) is 14.1. The number of hydrogen-bond donors (Lipinski definition) is 0. The van der Waals surface area contributed by atoms with Crippen LogP contribution in [0, 0.1) is 27.0 Å². The highest BCUT2D eigenvalue weighted by atomic mass is 16.5. The molecule has 10 nitrogen and oxygen atoms in total. The molecule has 4 heterocycles. The molecule has 0 aliphatic carbocycles. The van der Waals surface area contributed by atoms with Crippen molar-refractivity contribution in [3.8, 4) is 90.3 Å². The van der Waals surface area contributed by atoms with Gasteiger partial charge in [-0.3, -0.25) is 0 Å². The minimum atomic E-state index is 0.334. The molecule has 10 aromatic rings. The Morgan fingerprint density at radius 2 is 0.625 bits per heavy atom. The minimum Gasteiger partial charge on any atom is -0.356 e. The molecule has 64 heavy (non-hydrogen) atoms. The van der Waals surface area contributed by atoms with Crippen LogP contribution < -0.4 is 0 Å². The van der Waals surface area contributed by atoms with Gasteiger partial charge >= 0.3 is 0 Å². The number of hydrogen-bond acceptors (Lipinski definition) is 8. The third-order valence-corrected chi connectivity index (χ3v) is 10.5. The van der Waals surface area contributed by atoms with Crippen LogP contribution >= 0.6 is 0 Å². The molecule has 6 aromatic carbocycles. The first kappa shape index (κ1) is 40.5. The van der Waals surface area contributed by atoms with Crippen LogP contribution in [0.2, 0.25) is 0 Å². The normalized spacial score (nSPS) is 10.8. The van der Waals surface area contributed by atoms with Crippen LogP contribution in [0.1, 0.15) is 22.3 Å². The Morgan fingerprint density at radius 3 is 0.938 bits per heavy atom. The summed E-state index contributed by atoms with van der Waals surface area (Å²) in [5.74, 6) is 2.80. The van der Waals surface area contributed by atoms with Crippen LogP contribution in [-0.4, -0.2) is 20.6 Å². The van der Waals surface area contributed by atoms with Gasteiger partial charge in [0.25, 0.3) is 0 Å². The lowest BCUT2D eigenvalue weighted by molar-refractivity contribution is 0.434. The maximum Gasteiger partial charge on any atom is 0.239 e. The maximum absolute atomic E-state index is 7.07. The van der Waals surface area contributed by atoms with Crippen molar-refractivity contribution in [2.75, 3.05) is 0 Å². The molecule has 0 bridgehead atoms. The number of aromatic nitrogens is 4. The van der Waals surface area contributed by atoms with E-state index in [0.29, 0.717) is 36.0 Å². The van der Waals surface area contributed by atoms with Crippen molar-refractivity contribution < 1.29 is 18.1 Å². The van der Waals surface area contributed by atoms with E-state index in [2.05, 4.69) is 74.5 Å². The Labute approximate surface area is 369 Å². The van der Waals surface area contributed by atoms with Crippen LogP contribution in [0.3, 0.4) is 0 Å². The molecular weight excluding hydrogens is 797 g/mol. The quantitative estimate of drug-likeness (QED) is 0.125. The van der Waals surface area contributed by atoms with E-state index in [9.17, 15) is 0 Å². The van der Waals surface area contributed by atoms with E-state index in [0.717, 1.165) is 78.5 Å². The highest BCUT2D eigenvalue weighted by molar-refractivity contribution is 5.75. The molecule has 10 rings (SSSR count). The highest BCUT2D eigenvalue weighted by Gasteiger charge is 2.15. The van der Waals surface area contributed by atoms with Crippen molar-refractivity contribution in [1.82, 2.24) is 20.6 Å². The Hall–Kier alpha value is -8.86. The molecule has 10 heteroatoms. The molecule has 0 N–H and O–H groups in total. The summed E-state index contributed by atoms with van der Waals surface area (Å²) in [5.41, 5.74) is 14.8. The minimum absolute atomic E-state index is 0.334. The molecule has 0 unspecified atom stereocenters. The zero-order valence-corrected chi connectivity index (χ0v) is 34.9. The van der Waals surface area contributed by atoms with E-state index in [1.54, 1.807) is 0 Å². The van der Waals surface area contributed by atoms with Gasteiger partial charge in [-0.2, -0.15) is 0 Å². The van der Waals surface area contributed by atoms with Crippen LogP contribution in [0.15, 0.2) is 188 Å². The smallest absolute Gasteiger partial charge is 0.239 e. The van der Waals surface area contributed by atoms with Crippen molar-refractivity contribution in [2.24, 2.45) is 0 Å². The van der Waals surface area contributed by atoms with Crippen molar-refractivity contribution in [3.05, 3.63) is 215 Å². The fourth-order valence-corrected chi connectivity index (χ4v) is 7.29. The molecule has 4 aromatic heterocycles. The Balaban J connectivity index is 0.000000163. The van der Waals surface area contributed by atoms with Crippen LogP contribution in [0.4, 0.5) is 0 Å². The van der Waals surface area contributed by atoms with Crippen LogP contribution in [0.25, 0.3) is 100 Å². The average molecular weight is 835 g/mol. The van der Waals surface area contributed by atoms with Crippen molar-refractivity contribution in [1.29, 1.82) is 0 Å². The van der Waals surface area contributed by atoms with Gasteiger partial charge in [0.15, 0.2) is 23.0 Å². The number of nitrogens with zero attached hydrogens (tertiary/aromatic N) is 6. The van der Waals surface area contributed by atoms with E-state index in [-0.39, 0.29) is 0 Å². The number of benzene rings is 6. The molecule has 0 atom stereocenters. The fraction of sp³-hybridized carbons (Fsp3) is 0.0741. The molecule has 0 saturated carbocycles. The first-order valence-electron chi connectivity index (χ1n) is 20.5. The molecule has 0 fully saturated rings. The van der Waals surface area contributed by atoms with Gasteiger partial charge in [0.05, 0.1) is 0 Å². The lowest BCUT2D eigenvalue weighted by Gasteiger charge is -1.99. The monoisotopic (exact) mass is 834 g/mol. The van der Waals surface area contributed by atoms with Crippen LogP contribution in [0.5, 0.6) is 0 Å². The summed E-state index contributed by atoms with van der Waals surface area (Å²) in [6.45, 7) is 18.9. The second-order valence-electron chi connectivity index (χ2n) is 15.2. The standard InChI is InChI=1S/C28H18N4O2.C26H20N2O2/c1-29-17-19-6-3-10-23(12-19)27-15-25(31-33-27)21-8-5-9-22(14-21)26-16-28(34-32-26)24-11-4-7-20(13-24)18-30-2;1-17-6-3-10-21(12-17)25-15-23(27-29-25)19-8-5-9-20(14-19)24-16-26(30-28-24)22-11-4-7-18(2)13-22/h3-16H,17-18H2;3-16H,1-2H3.